The smallest absolute Gasteiger partial charge is 0.323 e. The van der Waals surface area contributed by atoms with Gasteiger partial charge in [0.2, 0.25) is 5.88 Å². The van der Waals surface area contributed by atoms with Crippen LogP contribution >= 0.6 is 0 Å². The molecule has 0 aliphatic heterocycles. The van der Waals surface area contributed by atoms with Crippen LogP contribution in [0.1, 0.15) is 62.4 Å². The maximum Gasteiger partial charge on any atom is 0.323 e. The summed E-state index contributed by atoms with van der Waals surface area (Å²) < 4.78 is 11.9. The van der Waals surface area contributed by atoms with Crippen molar-refractivity contribution < 1.29 is 19.4 Å². The Labute approximate surface area is 266 Å². The number of hydrogen-bond donors (Lipinski definition) is 3. The van der Waals surface area contributed by atoms with Gasteiger partial charge >= 0.3 is 5.91 Å². The maximum absolute atomic E-state index is 11.9. The van der Waals surface area contributed by atoms with E-state index in [-0.39, 0.29) is 36.6 Å². The minimum Gasteiger partial charge on any atom is -0.488 e. The number of aliphatic hydroxyl groups is 1. The van der Waals surface area contributed by atoms with E-state index in [9.17, 15) is 14.8 Å². The van der Waals surface area contributed by atoms with Crippen molar-refractivity contribution in [2.75, 3.05) is 31.6 Å². The van der Waals surface area contributed by atoms with E-state index < -0.39 is 5.91 Å². The molecule has 10 heteroatoms. The van der Waals surface area contributed by atoms with E-state index in [4.69, 9.17) is 19.9 Å². The van der Waals surface area contributed by atoms with Crippen LogP contribution in [0.4, 0.5) is 5.82 Å². The second-order valence-electron chi connectivity index (χ2n) is 10.9. The van der Waals surface area contributed by atoms with Crippen molar-refractivity contribution in [2.45, 2.75) is 60.6 Å². The molecule has 240 valence electrons. The SMILES string of the molecule is CCO/C(Nc1cccc(-c2cccc(C)c2OCc2ccc(C(C)N(CC)CC(CC)CO)c(C)c2)n1)=C(/C=N)C(=O)N=O. The fraction of sp³-hybridized carbons (Fsp3) is 0.400. The van der Waals surface area contributed by atoms with Gasteiger partial charge in [-0.05, 0) is 87.0 Å². The Kier molecular flexibility index (Phi) is 13.4. The van der Waals surface area contributed by atoms with Crippen LogP contribution in [0, 0.1) is 30.1 Å². The number of nitrogens with zero attached hydrogens (tertiary/aromatic N) is 3. The van der Waals surface area contributed by atoms with Gasteiger partial charge < -0.3 is 25.3 Å². The van der Waals surface area contributed by atoms with Gasteiger partial charge in [-0.15, -0.1) is 4.91 Å². The highest BCUT2D eigenvalue weighted by Gasteiger charge is 2.20. The Morgan fingerprint density at radius 2 is 1.87 bits per heavy atom. The van der Waals surface area contributed by atoms with Crippen molar-refractivity contribution in [3.63, 3.8) is 0 Å². The fourth-order valence-corrected chi connectivity index (χ4v) is 5.27. The number of anilines is 1. The molecule has 0 spiro atoms. The zero-order valence-corrected chi connectivity index (χ0v) is 27.1. The highest BCUT2D eigenvalue weighted by atomic mass is 16.5. The molecule has 3 rings (SSSR count). The second kappa shape index (κ2) is 17.2. The van der Waals surface area contributed by atoms with E-state index in [1.54, 1.807) is 19.1 Å². The number of benzene rings is 2. The van der Waals surface area contributed by atoms with Gasteiger partial charge in [-0.2, -0.15) is 0 Å². The number of nitrogens with one attached hydrogen (secondary N) is 2. The molecular weight excluding hydrogens is 570 g/mol. The summed E-state index contributed by atoms with van der Waals surface area (Å²) in [7, 11) is 0. The first-order chi connectivity index (χ1) is 21.7. The number of aromatic nitrogens is 1. The molecule has 10 nitrogen and oxygen atoms in total. The molecule has 0 radical (unpaired) electrons. The number of carbonyl (C=O) groups is 1. The summed E-state index contributed by atoms with van der Waals surface area (Å²) in [4.78, 5) is 29.9. The van der Waals surface area contributed by atoms with Gasteiger partial charge in [0.15, 0.2) is 0 Å². The van der Waals surface area contributed by atoms with Gasteiger partial charge in [-0.3, -0.25) is 9.69 Å². The molecular formula is C35H45N5O5. The number of nitroso groups, excluding NO2 is 1. The summed E-state index contributed by atoms with van der Waals surface area (Å²) in [5, 5.41) is 22.6. The van der Waals surface area contributed by atoms with Crippen LogP contribution in [0.2, 0.25) is 0 Å². The first kappa shape index (κ1) is 35.1. The number of hydrogen-bond acceptors (Lipinski definition) is 9. The monoisotopic (exact) mass is 615 g/mol. The van der Waals surface area contributed by atoms with Gasteiger partial charge in [0.05, 0.1) is 12.3 Å². The van der Waals surface area contributed by atoms with Crippen molar-refractivity contribution in [2.24, 2.45) is 11.1 Å². The highest BCUT2D eigenvalue weighted by molar-refractivity contribution is 6.12. The average molecular weight is 616 g/mol. The molecule has 3 N–H and O–H groups in total. The van der Waals surface area contributed by atoms with E-state index in [1.165, 1.54) is 11.1 Å². The lowest BCUT2D eigenvalue weighted by molar-refractivity contribution is -0.114. The average Bonchev–Trinajstić information content (AvgIpc) is 3.05. The molecule has 3 aromatic rings. The number of carbonyl (C=O) groups excluding carboxylic acids is 1. The van der Waals surface area contributed by atoms with Crippen LogP contribution in [0.15, 0.2) is 71.2 Å². The first-order valence-electron chi connectivity index (χ1n) is 15.4. The number of rotatable bonds is 17. The van der Waals surface area contributed by atoms with E-state index in [2.05, 4.69) is 61.3 Å². The van der Waals surface area contributed by atoms with Crippen molar-refractivity contribution in [1.29, 1.82) is 5.41 Å². The summed E-state index contributed by atoms with van der Waals surface area (Å²) in [6, 6.07) is 17.9. The summed E-state index contributed by atoms with van der Waals surface area (Å²) in [5.74, 6) is 0.133. The lowest BCUT2D eigenvalue weighted by Crippen LogP contribution is -2.33. The number of ether oxygens (including phenoxy) is 2. The standard InChI is InChI=1S/C35H45N5O5/c1-7-26(21-41)20-40(8-2)25(6)28-17-16-27(18-24(28)5)22-45-33-23(4)12-10-13-29(33)31-14-11-15-32(37-31)38-35(44-9-3)30(19-36)34(42)39-43/h10-19,25-26,36,41H,7-9,20-22H2,1-6H3,(H,37,38)/b35-30-,36-19?. The van der Waals surface area contributed by atoms with Crippen molar-refractivity contribution >= 4 is 17.9 Å². The third-order valence-corrected chi connectivity index (χ3v) is 7.92. The Morgan fingerprint density at radius 1 is 1.11 bits per heavy atom. The van der Waals surface area contributed by atoms with Gasteiger partial charge in [0.1, 0.15) is 23.7 Å². The van der Waals surface area contributed by atoms with Crippen molar-refractivity contribution in [1.82, 2.24) is 9.88 Å². The third-order valence-electron chi connectivity index (χ3n) is 7.92. The minimum atomic E-state index is -1.11. The molecule has 0 fully saturated rings. The van der Waals surface area contributed by atoms with E-state index in [0.29, 0.717) is 23.9 Å². The lowest BCUT2D eigenvalue weighted by Gasteiger charge is -2.32. The number of para-hydroxylation sites is 1. The molecule has 45 heavy (non-hydrogen) atoms. The second-order valence-corrected chi connectivity index (χ2v) is 10.9. The Hall–Kier alpha value is -4.41. The lowest BCUT2D eigenvalue weighted by atomic mass is 9.97. The minimum absolute atomic E-state index is 0.0729. The van der Waals surface area contributed by atoms with E-state index in [1.807, 2.05) is 31.2 Å². The van der Waals surface area contributed by atoms with Crippen LogP contribution < -0.4 is 10.1 Å². The summed E-state index contributed by atoms with van der Waals surface area (Å²) in [6.45, 7) is 14.9. The molecule has 1 heterocycles. The Balaban J connectivity index is 1.85. The van der Waals surface area contributed by atoms with Crippen LogP contribution in [0.3, 0.4) is 0 Å². The number of pyridine rings is 1. The molecule has 0 aliphatic rings. The van der Waals surface area contributed by atoms with Crippen molar-refractivity contribution in [3.05, 3.63) is 93.2 Å². The molecule has 0 saturated carbocycles. The van der Waals surface area contributed by atoms with Gasteiger partial charge in [0.25, 0.3) is 0 Å². The molecule has 0 saturated heterocycles. The number of aliphatic hydroxyl groups excluding tert-OH is 1. The summed E-state index contributed by atoms with van der Waals surface area (Å²) in [5.41, 5.74) is 5.56. The quantitative estimate of drug-likeness (QED) is 0.0642. The molecule has 1 aromatic heterocycles. The first-order valence-corrected chi connectivity index (χ1v) is 15.4. The fourth-order valence-electron chi connectivity index (χ4n) is 5.27. The number of aryl methyl sites for hydroxylation is 2. The summed E-state index contributed by atoms with van der Waals surface area (Å²) in [6.07, 6.45) is 1.68. The highest BCUT2D eigenvalue weighted by Crippen LogP contribution is 2.34. The normalized spacial score (nSPS) is 13.1. The topological polar surface area (TPSA) is 137 Å². The zero-order chi connectivity index (χ0) is 32.9. The predicted octanol–water partition coefficient (Wildman–Crippen LogP) is 6.95. The molecule has 2 aromatic carbocycles. The predicted molar refractivity (Wildman–Crippen MR) is 178 cm³/mol. The summed E-state index contributed by atoms with van der Waals surface area (Å²) >= 11 is 0. The van der Waals surface area contributed by atoms with Gasteiger partial charge in [0, 0.05) is 36.1 Å². The van der Waals surface area contributed by atoms with Crippen molar-refractivity contribution in [3.8, 4) is 17.0 Å². The third kappa shape index (κ3) is 9.06. The molecule has 1 amide bonds. The van der Waals surface area contributed by atoms with Crippen LogP contribution in [-0.2, 0) is 16.1 Å². The van der Waals surface area contributed by atoms with Gasteiger partial charge in [-0.25, -0.2) is 4.98 Å². The Bertz CT molecular complexity index is 1500. The number of amides is 1. The van der Waals surface area contributed by atoms with Crippen LogP contribution in [-0.4, -0.2) is 53.4 Å². The van der Waals surface area contributed by atoms with Crippen LogP contribution in [0.5, 0.6) is 5.75 Å². The van der Waals surface area contributed by atoms with Gasteiger partial charge in [-0.1, -0.05) is 50.2 Å². The van der Waals surface area contributed by atoms with Crippen LogP contribution in [0.25, 0.3) is 11.3 Å². The largest absolute Gasteiger partial charge is 0.488 e. The zero-order valence-electron chi connectivity index (χ0n) is 27.1. The molecule has 0 bridgehead atoms. The van der Waals surface area contributed by atoms with E-state index >= 15 is 0 Å². The molecule has 0 aliphatic carbocycles. The Morgan fingerprint density at radius 3 is 2.49 bits per heavy atom. The molecule has 2 unspecified atom stereocenters. The molecule has 2 atom stereocenters. The van der Waals surface area contributed by atoms with E-state index in [0.717, 1.165) is 42.4 Å². The maximum atomic E-state index is 11.9.